The second-order valence-electron chi connectivity index (χ2n) is 6.10. The van der Waals surface area contributed by atoms with Crippen molar-refractivity contribution < 1.29 is 0 Å². The molecule has 0 aromatic carbocycles. The van der Waals surface area contributed by atoms with Gasteiger partial charge in [-0.1, -0.05) is 99.4 Å². The Hall–Kier alpha value is -2.34. The molecule has 0 aromatic heterocycles. The normalized spacial score (nSPS) is 14.9. The maximum absolute atomic E-state index is 4.15. The minimum absolute atomic E-state index is 1.06. The van der Waals surface area contributed by atoms with Crippen LogP contribution in [-0.2, 0) is 0 Å². The zero-order chi connectivity index (χ0) is 21.2. The van der Waals surface area contributed by atoms with Crippen molar-refractivity contribution in [2.24, 2.45) is 0 Å². The van der Waals surface area contributed by atoms with Crippen LogP contribution in [0.25, 0.3) is 0 Å². The third-order valence-electron chi connectivity index (χ3n) is 3.95. The van der Waals surface area contributed by atoms with Crippen LogP contribution in [0.3, 0.4) is 0 Å². The molecule has 0 aliphatic heterocycles. The van der Waals surface area contributed by atoms with Crippen molar-refractivity contribution in [1.82, 2.24) is 0 Å². The molecule has 0 saturated carbocycles. The fourth-order valence-corrected chi connectivity index (χ4v) is 2.29. The molecule has 0 radical (unpaired) electrons. The Balaban J connectivity index is 0. The number of hydrogen-bond acceptors (Lipinski definition) is 0. The first-order valence-electron chi connectivity index (χ1n) is 9.85. The lowest BCUT2D eigenvalue weighted by atomic mass is 9.90. The van der Waals surface area contributed by atoms with Crippen molar-refractivity contribution >= 4 is 0 Å². The van der Waals surface area contributed by atoms with E-state index in [4.69, 9.17) is 0 Å². The van der Waals surface area contributed by atoms with Crippen molar-refractivity contribution in [2.45, 2.75) is 61.3 Å². The Labute approximate surface area is 169 Å². The maximum atomic E-state index is 4.15. The molecule has 0 atom stereocenters. The molecule has 1 aliphatic rings. The van der Waals surface area contributed by atoms with Gasteiger partial charge in [-0.3, -0.25) is 0 Å². The lowest BCUT2D eigenvalue weighted by Crippen LogP contribution is -1.95. The van der Waals surface area contributed by atoms with Crippen molar-refractivity contribution in [3.05, 3.63) is 108 Å². The molecule has 0 heteroatoms. The van der Waals surface area contributed by atoms with Gasteiger partial charge < -0.3 is 0 Å². The van der Waals surface area contributed by atoms with E-state index in [0.717, 1.165) is 24.0 Å². The van der Waals surface area contributed by atoms with Crippen LogP contribution >= 0.6 is 0 Å². The molecule has 27 heavy (non-hydrogen) atoms. The Bertz CT molecular complexity index is 652. The second kappa shape index (κ2) is 17.1. The van der Waals surface area contributed by atoms with Gasteiger partial charge in [0.2, 0.25) is 0 Å². The summed E-state index contributed by atoms with van der Waals surface area (Å²) in [7, 11) is 0. The fourth-order valence-electron chi connectivity index (χ4n) is 2.29. The lowest BCUT2D eigenvalue weighted by molar-refractivity contribution is 0.963. The Morgan fingerprint density at radius 3 is 2.11 bits per heavy atom. The van der Waals surface area contributed by atoms with E-state index in [-0.39, 0.29) is 0 Å². The van der Waals surface area contributed by atoms with E-state index in [1.165, 1.54) is 22.3 Å². The highest BCUT2D eigenvalue weighted by atomic mass is 14.1. The molecule has 0 aromatic rings. The number of allylic oxidation sites excluding steroid dienone is 15. The average molecular weight is 365 g/mol. The minimum Gasteiger partial charge on any atom is -0.0991 e. The van der Waals surface area contributed by atoms with Gasteiger partial charge in [0.05, 0.1) is 0 Å². The standard InChI is InChI=1S/C18H22.C7H12.C2H6/c1-6-9-15(4)17-10-8-11-18(13-17)16(5)12-14(3)7-2;1-4-6-7(3)5-2;1-2/h6-7,9-10,12-13H,1-2,5,8,11H2,3-4H3;4-6H,1-3H3;1-2H3/b14-12-,15-9+;6-4-,7-5+;. The Morgan fingerprint density at radius 1 is 1.04 bits per heavy atom. The molecule has 0 bridgehead atoms. The molecule has 1 aliphatic carbocycles. The minimum atomic E-state index is 1.06. The van der Waals surface area contributed by atoms with Gasteiger partial charge in [0, 0.05) is 0 Å². The van der Waals surface area contributed by atoms with Gasteiger partial charge in [0.15, 0.2) is 0 Å². The zero-order valence-corrected chi connectivity index (χ0v) is 18.7. The van der Waals surface area contributed by atoms with Gasteiger partial charge in [-0.2, -0.15) is 0 Å². The van der Waals surface area contributed by atoms with Gasteiger partial charge in [-0.15, -0.1) is 0 Å². The van der Waals surface area contributed by atoms with Crippen molar-refractivity contribution in [3.63, 3.8) is 0 Å². The molecule has 0 spiro atoms. The largest absolute Gasteiger partial charge is 0.0991 e. The zero-order valence-electron chi connectivity index (χ0n) is 18.7. The number of rotatable bonds is 6. The van der Waals surface area contributed by atoms with Crippen LogP contribution in [0.15, 0.2) is 108 Å². The molecule has 0 fully saturated rings. The first-order chi connectivity index (χ1) is 12.9. The highest BCUT2D eigenvalue weighted by Crippen LogP contribution is 2.27. The maximum Gasteiger partial charge on any atom is -0.0238 e. The summed E-state index contributed by atoms with van der Waals surface area (Å²) < 4.78 is 0. The summed E-state index contributed by atoms with van der Waals surface area (Å²) >= 11 is 0. The highest BCUT2D eigenvalue weighted by molar-refractivity contribution is 5.51. The van der Waals surface area contributed by atoms with E-state index in [2.05, 4.69) is 64.0 Å². The first-order valence-corrected chi connectivity index (χ1v) is 9.85. The lowest BCUT2D eigenvalue weighted by Gasteiger charge is -2.15. The van der Waals surface area contributed by atoms with Gasteiger partial charge in [0.1, 0.15) is 0 Å². The van der Waals surface area contributed by atoms with Crippen molar-refractivity contribution in [1.29, 1.82) is 0 Å². The summed E-state index contributed by atoms with van der Waals surface area (Å²) in [6.07, 6.45) is 20.7. The molecule has 148 valence electrons. The molecule has 0 N–H and O–H groups in total. The predicted octanol–water partition coefficient (Wildman–Crippen LogP) is 9.01. The highest BCUT2D eigenvalue weighted by Gasteiger charge is 2.08. The van der Waals surface area contributed by atoms with Crippen LogP contribution in [0, 0.1) is 0 Å². The van der Waals surface area contributed by atoms with Gasteiger partial charge in [0.25, 0.3) is 0 Å². The van der Waals surface area contributed by atoms with Crippen molar-refractivity contribution in [3.8, 4) is 0 Å². The molecule has 0 saturated heterocycles. The average Bonchev–Trinajstić information content (AvgIpc) is 2.70. The summed E-state index contributed by atoms with van der Waals surface area (Å²) in [5.74, 6) is 0. The van der Waals surface area contributed by atoms with Crippen LogP contribution in [0.1, 0.15) is 61.3 Å². The summed E-state index contributed by atoms with van der Waals surface area (Å²) in [6.45, 7) is 25.9. The van der Waals surface area contributed by atoms with Crippen LogP contribution in [0.5, 0.6) is 0 Å². The van der Waals surface area contributed by atoms with E-state index in [9.17, 15) is 0 Å². The van der Waals surface area contributed by atoms with Gasteiger partial charge in [-0.25, -0.2) is 0 Å². The summed E-state index contributed by atoms with van der Waals surface area (Å²) in [6, 6.07) is 0. The number of hydrogen-bond donors (Lipinski definition) is 0. The van der Waals surface area contributed by atoms with Crippen LogP contribution in [-0.4, -0.2) is 0 Å². The Kier molecular flexibility index (Phi) is 17.0. The van der Waals surface area contributed by atoms with E-state index in [1.807, 2.05) is 58.9 Å². The van der Waals surface area contributed by atoms with Crippen LogP contribution in [0.4, 0.5) is 0 Å². The van der Waals surface area contributed by atoms with Crippen LogP contribution in [0.2, 0.25) is 0 Å². The third-order valence-corrected chi connectivity index (χ3v) is 3.95. The SMILES string of the molecule is C/C=C\C(C)=C\C.C=C/C=C(\C)C1=CCCC(C(=C)/C=C(/C)C=C)=C1.CC. The predicted molar refractivity (Wildman–Crippen MR) is 128 cm³/mol. The molecule has 1 rings (SSSR count). The van der Waals surface area contributed by atoms with E-state index < -0.39 is 0 Å². The van der Waals surface area contributed by atoms with Crippen molar-refractivity contribution in [2.75, 3.05) is 0 Å². The second-order valence-corrected chi connectivity index (χ2v) is 6.10. The molecule has 0 heterocycles. The summed E-state index contributed by atoms with van der Waals surface area (Å²) in [5, 5.41) is 0. The summed E-state index contributed by atoms with van der Waals surface area (Å²) in [4.78, 5) is 0. The van der Waals surface area contributed by atoms with E-state index >= 15 is 0 Å². The smallest absolute Gasteiger partial charge is 0.0238 e. The van der Waals surface area contributed by atoms with E-state index in [0.29, 0.717) is 0 Å². The fraction of sp³-hybridized carbons (Fsp3) is 0.333. The third kappa shape index (κ3) is 12.6. The van der Waals surface area contributed by atoms with E-state index in [1.54, 1.807) is 0 Å². The molecule has 0 nitrogen and oxygen atoms in total. The molecule has 0 unspecified atom stereocenters. The molecular formula is C27H40. The molecule has 0 amide bonds. The molecular weight excluding hydrogens is 324 g/mol. The Morgan fingerprint density at radius 2 is 1.67 bits per heavy atom. The monoisotopic (exact) mass is 364 g/mol. The van der Waals surface area contributed by atoms with Gasteiger partial charge >= 0.3 is 0 Å². The van der Waals surface area contributed by atoms with Crippen LogP contribution < -0.4 is 0 Å². The quantitative estimate of drug-likeness (QED) is 0.412. The first kappa shape index (κ1) is 26.9. The summed E-state index contributed by atoms with van der Waals surface area (Å²) in [5.41, 5.74) is 7.40. The van der Waals surface area contributed by atoms with Gasteiger partial charge in [-0.05, 0) is 69.8 Å². The topological polar surface area (TPSA) is 0 Å².